The van der Waals surface area contributed by atoms with E-state index >= 15 is 0 Å². The molecule has 1 aromatic heterocycles. The predicted octanol–water partition coefficient (Wildman–Crippen LogP) is 1.44. The second kappa shape index (κ2) is 3.63. The normalized spacial score (nSPS) is 18.0. The molecule has 0 radical (unpaired) electrons. The Morgan fingerprint density at radius 1 is 1.46 bits per heavy atom. The van der Waals surface area contributed by atoms with Crippen molar-refractivity contribution in [2.45, 2.75) is 31.7 Å². The number of nitrogens with one attached hydrogen (secondary N) is 1. The van der Waals surface area contributed by atoms with Crippen LogP contribution in [0.25, 0.3) is 0 Å². The molecule has 6 heteroatoms. The van der Waals surface area contributed by atoms with Crippen molar-refractivity contribution >= 4 is 21.9 Å². The van der Waals surface area contributed by atoms with Gasteiger partial charge in [0.2, 0.25) is 10.7 Å². The highest BCUT2D eigenvalue weighted by molar-refractivity contribution is 9.10. The molecule has 0 saturated heterocycles. The number of hydrogen-bond acceptors (Lipinski definition) is 4. The number of anilines is 1. The zero-order chi connectivity index (χ0) is 9.26. The highest BCUT2D eigenvalue weighted by Crippen LogP contribution is 2.31. The molecule has 0 atom stereocenters. The number of aromatic nitrogens is 3. The van der Waals surface area contributed by atoms with Gasteiger partial charge in [0, 0.05) is 0 Å². The van der Waals surface area contributed by atoms with Gasteiger partial charge in [0.15, 0.2) is 0 Å². The van der Waals surface area contributed by atoms with E-state index in [1.807, 2.05) is 4.68 Å². The molecule has 1 fully saturated rings. The molecule has 2 rings (SSSR count). The Kier molecular flexibility index (Phi) is 2.50. The van der Waals surface area contributed by atoms with Crippen LogP contribution in [-0.4, -0.2) is 14.8 Å². The van der Waals surface area contributed by atoms with Gasteiger partial charge in [-0.15, -0.1) is 5.10 Å². The number of rotatable bonds is 2. The molecule has 1 aliphatic rings. The topological polar surface area (TPSA) is 68.8 Å². The highest BCUT2D eigenvalue weighted by atomic mass is 79.9. The number of halogens is 1. The summed E-state index contributed by atoms with van der Waals surface area (Å²) >= 11 is 3.23. The molecule has 0 spiro atoms. The van der Waals surface area contributed by atoms with Crippen molar-refractivity contribution in [1.82, 2.24) is 14.8 Å². The van der Waals surface area contributed by atoms with E-state index in [4.69, 9.17) is 5.84 Å². The molecular formula is C7H12BrN5. The number of hydrogen-bond donors (Lipinski definition) is 2. The third-order valence-corrected chi connectivity index (χ3v) is 2.74. The molecule has 3 N–H and O–H groups in total. The zero-order valence-electron chi connectivity index (χ0n) is 7.20. The van der Waals surface area contributed by atoms with Crippen LogP contribution in [0.3, 0.4) is 0 Å². The van der Waals surface area contributed by atoms with Crippen LogP contribution in [0.5, 0.6) is 0 Å². The quantitative estimate of drug-likeness (QED) is 0.612. The summed E-state index contributed by atoms with van der Waals surface area (Å²) in [5.74, 6) is 5.98. The molecule has 72 valence electrons. The predicted molar refractivity (Wildman–Crippen MR) is 53.0 cm³/mol. The van der Waals surface area contributed by atoms with E-state index in [1.54, 1.807) is 0 Å². The Morgan fingerprint density at radius 3 is 2.77 bits per heavy atom. The third-order valence-electron chi connectivity index (χ3n) is 2.41. The van der Waals surface area contributed by atoms with Crippen LogP contribution >= 0.6 is 15.9 Å². The van der Waals surface area contributed by atoms with Gasteiger partial charge in [0.1, 0.15) is 0 Å². The van der Waals surface area contributed by atoms with Crippen molar-refractivity contribution < 1.29 is 0 Å². The molecule has 5 nitrogen and oxygen atoms in total. The van der Waals surface area contributed by atoms with Gasteiger partial charge >= 0.3 is 0 Å². The fourth-order valence-corrected chi connectivity index (χ4v) is 2.14. The molecule has 1 saturated carbocycles. The van der Waals surface area contributed by atoms with Gasteiger partial charge in [-0.3, -0.25) is 5.43 Å². The minimum Gasteiger partial charge on any atom is -0.293 e. The van der Waals surface area contributed by atoms with Crippen LogP contribution in [0.2, 0.25) is 0 Å². The van der Waals surface area contributed by atoms with Crippen LogP contribution in [0.4, 0.5) is 5.95 Å². The fraction of sp³-hybridized carbons (Fsp3) is 0.714. The van der Waals surface area contributed by atoms with Crippen molar-refractivity contribution in [3.63, 3.8) is 0 Å². The summed E-state index contributed by atoms with van der Waals surface area (Å²) in [5.41, 5.74) is 2.55. The van der Waals surface area contributed by atoms with Crippen LogP contribution in [-0.2, 0) is 0 Å². The lowest BCUT2D eigenvalue weighted by molar-refractivity contribution is 0.469. The van der Waals surface area contributed by atoms with Crippen molar-refractivity contribution in [3.05, 3.63) is 4.73 Å². The van der Waals surface area contributed by atoms with Gasteiger partial charge in [-0.1, -0.05) is 12.8 Å². The lowest BCUT2D eigenvalue weighted by Gasteiger charge is -2.11. The van der Waals surface area contributed by atoms with Gasteiger partial charge in [0.05, 0.1) is 6.04 Å². The van der Waals surface area contributed by atoms with Crippen molar-refractivity contribution in [3.8, 4) is 0 Å². The first-order valence-electron chi connectivity index (χ1n) is 4.40. The van der Waals surface area contributed by atoms with Crippen LogP contribution in [0.1, 0.15) is 31.7 Å². The van der Waals surface area contributed by atoms with Crippen molar-refractivity contribution in [2.24, 2.45) is 5.84 Å². The Morgan fingerprint density at radius 2 is 2.15 bits per heavy atom. The van der Waals surface area contributed by atoms with Gasteiger partial charge in [0.25, 0.3) is 0 Å². The SMILES string of the molecule is NNc1nc(Br)nn1C1CCCC1. The zero-order valence-corrected chi connectivity index (χ0v) is 8.79. The van der Waals surface area contributed by atoms with Gasteiger partial charge in [-0.25, -0.2) is 10.5 Å². The van der Waals surface area contributed by atoms with E-state index in [-0.39, 0.29) is 0 Å². The summed E-state index contributed by atoms with van der Waals surface area (Å²) in [7, 11) is 0. The monoisotopic (exact) mass is 245 g/mol. The standard InChI is InChI=1S/C7H12BrN5/c8-6-10-7(11-9)13(12-6)5-3-1-2-4-5/h5H,1-4,9H2,(H,10,11,12). The van der Waals surface area contributed by atoms with Crippen LogP contribution < -0.4 is 11.3 Å². The maximum absolute atomic E-state index is 5.34. The fourth-order valence-electron chi connectivity index (χ4n) is 1.80. The molecule has 1 aliphatic carbocycles. The number of hydrazine groups is 1. The maximum Gasteiger partial charge on any atom is 0.236 e. The van der Waals surface area contributed by atoms with Gasteiger partial charge in [-0.2, -0.15) is 4.98 Å². The summed E-state index contributed by atoms with van der Waals surface area (Å²) in [6, 6.07) is 0.463. The van der Waals surface area contributed by atoms with E-state index in [1.165, 1.54) is 25.7 Å². The van der Waals surface area contributed by atoms with Crippen molar-refractivity contribution in [2.75, 3.05) is 5.43 Å². The first kappa shape index (κ1) is 8.96. The van der Waals surface area contributed by atoms with Gasteiger partial charge < -0.3 is 0 Å². The molecule has 0 bridgehead atoms. The Balaban J connectivity index is 2.26. The van der Waals surface area contributed by atoms with E-state index in [0.29, 0.717) is 16.7 Å². The first-order valence-corrected chi connectivity index (χ1v) is 5.19. The Hall–Kier alpha value is -0.620. The number of nitrogens with two attached hydrogens (primary N) is 1. The summed E-state index contributed by atoms with van der Waals surface area (Å²) in [6.45, 7) is 0. The molecule has 0 aromatic carbocycles. The molecule has 1 aromatic rings. The first-order chi connectivity index (χ1) is 6.31. The van der Waals surface area contributed by atoms with Crippen LogP contribution in [0.15, 0.2) is 4.73 Å². The van der Waals surface area contributed by atoms with E-state index in [9.17, 15) is 0 Å². The molecule has 0 unspecified atom stereocenters. The van der Waals surface area contributed by atoms with E-state index in [2.05, 4.69) is 31.4 Å². The molecule has 0 aliphatic heterocycles. The average Bonchev–Trinajstić information content (AvgIpc) is 2.71. The second-order valence-electron chi connectivity index (χ2n) is 3.23. The third kappa shape index (κ3) is 1.68. The molecule has 0 amide bonds. The van der Waals surface area contributed by atoms with Gasteiger partial charge in [-0.05, 0) is 28.8 Å². The summed E-state index contributed by atoms with van der Waals surface area (Å²) < 4.78 is 2.46. The lowest BCUT2D eigenvalue weighted by Crippen LogP contribution is -2.16. The molecule has 13 heavy (non-hydrogen) atoms. The minimum absolute atomic E-state index is 0.463. The van der Waals surface area contributed by atoms with Crippen molar-refractivity contribution in [1.29, 1.82) is 0 Å². The highest BCUT2D eigenvalue weighted by Gasteiger charge is 2.21. The summed E-state index contributed by atoms with van der Waals surface area (Å²) in [6.07, 6.45) is 4.88. The Bertz CT molecular complexity index is 291. The largest absolute Gasteiger partial charge is 0.293 e. The molecular weight excluding hydrogens is 234 g/mol. The Labute approximate surface area is 84.8 Å². The maximum atomic E-state index is 5.34. The molecule has 1 heterocycles. The second-order valence-corrected chi connectivity index (χ2v) is 3.94. The van der Waals surface area contributed by atoms with E-state index < -0.39 is 0 Å². The summed E-state index contributed by atoms with van der Waals surface area (Å²) in [5, 5.41) is 4.24. The lowest BCUT2D eigenvalue weighted by atomic mass is 10.3. The summed E-state index contributed by atoms with van der Waals surface area (Å²) in [4.78, 5) is 4.11. The number of nitrogen functional groups attached to an aromatic ring is 1. The average molecular weight is 246 g/mol. The van der Waals surface area contributed by atoms with Crippen LogP contribution in [0, 0.1) is 0 Å². The number of nitrogens with zero attached hydrogens (tertiary/aromatic N) is 3. The minimum atomic E-state index is 0.463. The van der Waals surface area contributed by atoms with E-state index in [0.717, 1.165) is 0 Å². The smallest absolute Gasteiger partial charge is 0.236 e.